The first-order chi connectivity index (χ1) is 15.1. The molecule has 2 aromatic carbocycles. The fourth-order valence-electron chi connectivity index (χ4n) is 4.39. The number of benzene rings is 2. The molecule has 2 heterocycles. The quantitative estimate of drug-likeness (QED) is 0.533. The van der Waals surface area contributed by atoms with Gasteiger partial charge in [0, 0.05) is 11.6 Å². The van der Waals surface area contributed by atoms with Gasteiger partial charge in [0.25, 0.3) is 11.5 Å². The lowest BCUT2D eigenvalue weighted by molar-refractivity contribution is 0.0928. The zero-order chi connectivity index (χ0) is 21.4. The standard InChI is InChI=1S/C23H23N5O3/c29-20(24-17-9-5-2-6-10-17)16-11-12-18-19(13-16)28-22(25-26-23(28)31)27(21(18)30)14-15-7-3-1-4-8-15/h1,3-4,7-8,11-13,17H,2,5-6,9-10,14H2,(H,24,29)(H,26,31). The Labute approximate surface area is 177 Å². The highest BCUT2D eigenvalue weighted by Gasteiger charge is 2.19. The van der Waals surface area contributed by atoms with E-state index in [2.05, 4.69) is 15.5 Å². The van der Waals surface area contributed by atoms with Gasteiger partial charge in [-0.05, 0) is 36.6 Å². The summed E-state index contributed by atoms with van der Waals surface area (Å²) in [6.07, 6.45) is 5.41. The largest absolute Gasteiger partial charge is 0.349 e. The molecule has 0 radical (unpaired) electrons. The normalized spacial score (nSPS) is 14.8. The Bertz CT molecular complexity index is 1380. The summed E-state index contributed by atoms with van der Waals surface area (Å²) < 4.78 is 2.83. The van der Waals surface area contributed by atoms with E-state index in [1.807, 2.05) is 30.3 Å². The summed E-state index contributed by atoms with van der Waals surface area (Å²) in [4.78, 5) is 38.6. The molecule has 31 heavy (non-hydrogen) atoms. The third-order valence-electron chi connectivity index (χ3n) is 6.00. The molecule has 158 valence electrons. The van der Waals surface area contributed by atoms with Gasteiger partial charge in [-0.3, -0.25) is 14.2 Å². The van der Waals surface area contributed by atoms with Gasteiger partial charge < -0.3 is 5.32 Å². The Balaban J connectivity index is 1.60. The maximum Gasteiger partial charge on any atom is 0.349 e. The van der Waals surface area contributed by atoms with Crippen molar-refractivity contribution >= 4 is 22.6 Å². The minimum absolute atomic E-state index is 0.174. The lowest BCUT2D eigenvalue weighted by Gasteiger charge is -2.22. The summed E-state index contributed by atoms with van der Waals surface area (Å²) in [7, 11) is 0. The van der Waals surface area contributed by atoms with Gasteiger partial charge in [-0.2, -0.15) is 0 Å². The molecule has 0 aliphatic heterocycles. The van der Waals surface area contributed by atoms with Crippen LogP contribution in [0.5, 0.6) is 0 Å². The predicted molar refractivity (Wildman–Crippen MR) is 117 cm³/mol. The van der Waals surface area contributed by atoms with Crippen molar-refractivity contribution in [2.45, 2.75) is 44.7 Å². The van der Waals surface area contributed by atoms with E-state index in [0.29, 0.717) is 16.5 Å². The van der Waals surface area contributed by atoms with Gasteiger partial charge in [-0.15, -0.1) is 5.10 Å². The Morgan fingerprint density at radius 2 is 1.84 bits per heavy atom. The van der Waals surface area contributed by atoms with Crippen LogP contribution in [0.2, 0.25) is 0 Å². The first kappa shape index (κ1) is 19.3. The number of carbonyl (C=O) groups excluding carboxylic acids is 1. The summed E-state index contributed by atoms with van der Waals surface area (Å²) in [5, 5.41) is 9.96. The number of rotatable bonds is 4. The minimum Gasteiger partial charge on any atom is -0.349 e. The van der Waals surface area contributed by atoms with Gasteiger partial charge in [0.1, 0.15) is 0 Å². The average Bonchev–Trinajstić information content (AvgIpc) is 3.19. The molecular weight excluding hydrogens is 394 g/mol. The molecule has 0 spiro atoms. The summed E-state index contributed by atoms with van der Waals surface area (Å²) in [6, 6.07) is 14.6. The van der Waals surface area contributed by atoms with Crippen LogP contribution in [0, 0.1) is 0 Å². The first-order valence-corrected chi connectivity index (χ1v) is 10.6. The van der Waals surface area contributed by atoms with Crippen molar-refractivity contribution < 1.29 is 4.79 Å². The van der Waals surface area contributed by atoms with Crippen molar-refractivity contribution in [3.05, 3.63) is 80.5 Å². The molecular formula is C23H23N5O3. The van der Waals surface area contributed by atoms with Crippen molar-refractivity contribution in [1.29, 1.82) is 0 Å². The Morgan fingerprint density at radius 1 is 1.06 bits per heavy atom. The molecule has 2 aromatic heterocycles. The molecule has 0 bridgehead atoms. The van der Waals surface area contributed by atoms with E-state index in [9.17, 15) is 14.4 Å². The van der Waals surface area contributed by atoms with Gasteiger partial charge in [-0.25, -0.2) is 14.3 Å². The minimum atomic E-state index is -0.452. The van der Waals surface area contributed by atoms with Crippen LogP contribution in [0.4, 0.5) is 0 Å². The zero-order valence-electron chi connectivity index (χ0n) is 17.0. The van der Waals surface area contributed by atoms with Gasteiger partial charge in [0.05, 0.1) is 17.4 Å². The van der Waals surface area contributed by atoms with E-state index < -0.39 is 5.69 Å². The van der Waals surface area contributed by atoms with Crippen molar-refractivity contribution in [1.82, 2.24) is 24.5 Å². The number of carbonyl (C=O) groups is 1. The molecule has 0 unspecified atom stereocenters. The number of aromatic nitrogens is 4. The van der Waals surface area contributed by atoms with E-state index in [4.69, 9.17) is 0 Å². The van der Waals surface area contributed by atoms with Crippen LogP contribution in [0.3, 0.4) is 0 Å². The molecule has 5 rings (SSSR count). The van der Waals surface area contributed by atoms with E-state index >= 15 is 0 Å². The van der Waals surface area contributed by atoms with Crippen LogP contribution in [-0.4, -0.2) is 31.1 Å². The molecule has 2 N–H and O–H groups in total. The smallest absolute Gasteiger partial charge is 0.349 e. The highest BCUT2D eigenvalue weighted by atomic mass is 16.2. The number of amides is 1. The summed E-state index contributed by atoms with van der Waals surface area (Å²) in [5.41, 5.74) is 1.01. The predicted octanol–water partition coefficient (Wildman–Crippen LogP) is 2.45. The van der Waals surface area contributed by atoms with E-state index in [-0.39, 0.29) is 29.8 Å². The summed E-state index contributed by atoms with van der Waals surface area (Å²) >= 11 is 0. The highest BCUT2D eigenvalue weighted by molar-refractivity contribution is 5.98. The topological polar surface area (TPSA) is 101 Å². The molecule has 1 aliphatic carbocycles. The number of hydrogen-bond acceptors (Lipinski definition) is 4. The maximum absolute atomic E-state index is 13.2. The number of hydrogen-bond donors (Lipinski definition) is 2. The van der Waals surface area contributed by atoms with Gasteiger partial charge in [0.15, 0.2) is 0 Å². The van der Waals surface area contributed by atoms with Gasteiger partial charge in [-0.1, -0.05) is 49.6 Å². The van der Waals surface area contributed by atoms with Crippen LogP contribution in [0.15, 0.2) is 58.1 Å². The van der Waals surface area contributed by atoms with Crippen molar-refractivity contribution in [2.24, 2.45) is 0 Å². The van der Waals surface area contributed by atoms with Crippen LogP contribution in [0.1, 0.15) is 48.0 Å². The van der Waals surface area contributed by atoms with Crippen LogP contribution in [0.25, 0.3) is 16.7 Å². The number of fused-ring (bicyclic) bond motifs is 3. The Morgan fingerprint density at radius 3 is 2.61 bits per heavy atom. The second kappa shape index (κ2) is 7.86. The molecule has 4 aromatic rings. The molecule has 1 amide bonds. The highest BCUT2D eigenvalue weighted by Crippen LogP contribution is 2.19. The Kier molecular flexibility index (Phi) is 4.89. The van der Waals surface area contributed by atoms with Gasteiger partial charge in [0.2, 0.25) is 5.78 Å². The lowest BCUT2D eigenvalue weighted by atomic mass is 9.95. The second-order valence-corrected chi connectivity index (χ2v) is 8.08. The number of nitrogens with one attached hydrogen (secondary N) is 2. The lowest BCUT2D eigenvalue weighted by Crippen LogP contribution is -2.36. The fourth-order valence-corrected chi connectivity index (χ4v) is 4.39. The molecule has 1 fully saturated rings. The van der Waals surface area contributed by atoms with Crippen LogP contribution in [-0.2, 0) is 6.54 Å². The average molecular weight is 417 g/mol. The second-order valence-electron chi connectivity index (χ2n) is 8.08. The van der Waals surface area contributed by atoms with E-state index in [1.165, 1.54) is 15.4 Å². The monoisotopic (exact) mass is 417 g/mol. The molecule has 0 atom stereocenters. The number of H-pyrrole nitrogens is 1. The maximum atomic E-state index is 13.2. The summed E-state index contributed by atoms with van der Waals surface area (Å²) in [5.74, 6) is 0.0307. The SMILES string of the molecule is O=C(NC1CCCCC1)c1ccc2c(=O)n(Cc3ccccc3)c3n[nH]c(=O)n3c2c1. The zero-order valence-corrected chi connectivity index (χ0v) is 17.0. The number of nitrogens with zero attached hydrogens (tertiary/aromatic N) is 3. The molecule has 1 saturated carbocycles. The van der Waals surface area contributed by atoms with Gasteiger partial charge >= 0.3 is 5.69 Å². The molecule has 8 nitrogen and oxygen atoms in total. The third-order valence-corrected chi connectivity index (χ3v) is 6.00. The molecule has 1 aliphatic rings. The fraction of sp³-hybridized carbons (Fsp3) is 0.304. The van der Waals surface area contributed by atoms with Crippen molar-refractivity contribution in [3.8, 4) is 0 Å². The van der Waals surface area contributed by atoms with E-state index in [0.717, 1.165) is 31.2 Å². The Hall–Kier alpha value is -3.68. The molecule has 0 saturated heterocycles. The van der Waals surface area contributed by atoms with E-state index in [1.54, 1.807) is 18.2 Å². The van der Waals surface area contributed by atoms with Crippen molar-refractivity contribution in [2.75, 3.05) is 0 Å². The summed E-state index contributed by atoms with van der Waals surface area (Å²) in [6.45, 7) is 0.285. The van der Waals surface area contributed by atoms with Crippen molar-refractivity contribution in [3.63, 3.8) is 0 Å². The third kappa shape index (κ3) is 3.54. The van der Waals surface area contributed by atoms with Crippen LogP contribution < -0.4 is 16.6 Å². The van der Waals surface area contributed by atoms with Crippen LogP contribution >= 0.6 is 0 Å². The first-order valence-electron chi connectivity index (χ1n) is 10.6. The molecule has 8 heteroatoms. The number of aromatic amines is 1.